The van der Waals surface area contributed by atoms with Gasteiger partial charge in [0.1, 0.15) is 0 Å². The van der Waals surface area contributed by atoms with Crippen LogP contribution in [0, 0.1) is 0 Å². The van der Waals surface area contributed by atoms with E-state index in [1.165, 1.54) is 0 Å². The van der Waals surface area contributed by atoms with Crippen LogP contribution < -0.4 is 10.2 Å². The monoisotopic (exact) mass is 254 g/mol. The van der Waals surface area contributed by atoms with E-state index >= 15 is 0 Å². The van der Waals surface area contributed by atoms with Crippen molar-refractivity contribution in [2.45, 2.75) is 25.4 Å². The summed E-state index contributed by atoms with van der Waals surface area (Å²) in [6, 6.07) is 8.50. The van der Waals surface area contributed by atoms with Crippen LogP contribution in [0.25, 0.3) is 0 Å². The number of hydrogen-bond acceptors (Lipinski definition) is 3. The third-order valence-corrected chi connectivity index (χ3v) is 3.54. The number of nitrogens with zero attached hydrogens (tertiary/aromatic N) is 1. The van der Waals surface area contributed by atoms with Crippen LogP contribution in [0.4, 0.5) is 5.69 Å². The van der Waals surface area contributed by atoms with Gasteiger partial charge < -0.3 is 15.3 Å². The predicted molar refractivity (Wildman–Crippen MR) is 71.8 cm³/mol. The summed E-state index contributed by atoms with van der Waals surface area (Å²) < 4.78 is 0. The molecule has 3 nitrogen and oxygen atoms in total. The molecule has 1 heterocycles. The fraction of sp³-hybridized carbons (Fsp3) is 0.538. The van der Waals surface area contributed by atoms with Gasteiger partial charge in [0, 0.05) is 29.3 Å². The first-order chi connectivity index (χ1) is 8.20. The summed E-state index contributed by atoms with van der Waals surface area (Å²) in [5.74, 6) is 0. The highest BCUT2D eigenvalue weighted by Gasteiger charge is 2.22. The molecule has 1 aromatic rings. The van der Waals surface area contributed by atoms with Gasteiger partial charge in [0.15, 0.2) is 0 Å². The van der Waals surface area contributed by atoms with Gasteiger partial charge in [0.2, 0.25) is 0 Å². The first-order valence-corrected chi connectivity index (χ1v) is 6.45. The van der Waals surface area contributed by atoms with Crippen molar-refractivity contribution in [1.29, 1.82) is 0 Å². The van der Waals surface area contributed by atoms with Gasteiger partial charge in [-0.1, -0.05) is 17.7 Å². The maximum Gasteiger partial charge on any atom is 0.0601 e. The molecule has 4 heteroatoms. The van der Waals surface area contributed by atoms with Gasteiger partial charge in [-0.25, -0.2) is 0 Å². The fourth-order valence-electron chi connectivity index (χ4n) is 2.27. The Morgan fingerprint density at radius 1 is 1.53 bits per heavy atom. The van der Waals surface area contributed by atoms with Crippen LogP contribution in [-0.4, -0.2) is 36.9 Å². The lowest BCUT2D eigenvalue weighted by Crippen LogP contribution is -2.42. The van der Waals surface area contributed by atoms with Gasteiger partial charge in [-0.3, -0.25) is 0 Å². The highest BCUT2D eigenvalue weighted by molar-refractivity contribution is 6.30. The van der Waals surface area contributed by atoms with Crippen LogP contribution in [0.3, 0.4) is 0 Å². The highest BCUT2D eigenvalue weighted by Crippen LogP contribution is 2.23. The van der Waals surface area contributed by atoms with Crippen molar-refractivity contribution >= 4 is 17.3 Å². The smallest absolute Gasteiger partial charge is 0.0601 e. The third-order valence-electron chi connectivity index (χ3n) is 3.30. The molecule has 1 saturated heterocycles. The number of anilines is 1. The molecule has 0 radical (unpaired) electrons. The minimum absolute atomic E-state index is 0.138. The van der Waals surface area contributed by atoms with E-state index in [1.54, 1.807) is 0 Å². The molecule has 1 aliphatic rings. The molecule has 94 valence electrons. The van der Waals surface area contributed by atoms with Crippen LogP contribution >= 0.6 is 11.6 Å². The zero-order valence-corrected chi connectivity index (χ0v) is 10.8. The Morgan fingerprint density at radius 2 is 2.35 bits per heavy atom. The molecule has 2 rings (SSSR count). The molecule has 0 saturated carbocycles. The van der Waals surface area contributed by atoms with Gasteiger partial charge in [-0.05, 0) is 38.1 Å². The molecule has 1 aliphatic heterocycles. The van der Waals surface area contributed by atoms with Crippen molar-refractivity contribution in [1.82, 2.24) is 5.32 Å². The Balaban J connectivity index is 2.21. The topological polar surface area (TPSA) is 35.5 Å². The van der Waals surface area contributed by atoms with Crippen LogP contribution in [0.2, 0.25) is 5.02 Å². The van der Waals surface area contributed by atoms with Crippen LogP contribution in [-0.2, 0) is 0 Å². The van der Waals surface area contributed by atoms with Crippen LogP contribution in [0.1, 0.15) is 13.3 Å². The van der Waals surface area contributed by atoms with E-state index < -0.39 is 0 Å². The molecule has 2 unspecified atom stereocenters. The van der Waals surface area contributed by atoms with Crippen molar-refractivity contribution < 1.29 is 5.11 Å². The number of benzene rings is 1. The van der Waals surface area contributed by atoms with Gasteiger partial charge in [-0.15, -0.1) is 0 Å². The Hall–Kier alpha value is -0.770. The third kappa shape index (κ3) is 3.12. The van der Waals surface area contributed by atoms with E-state index in [2.05, 4.69) is 23.2 Å². The van der Waals surface area contributed by atoms with E-state index in [4.69, 9.17) is 11.6 Å². The van der Waals surface area contributed by atoms with Gasteiger partial charge in [0.05, 0.1) is 6.61 Å². The van der Waals surface area contributed by atoms with Crippen molar-refractivity contribution in [3.05, 3.63) is 29.3 Å². The van der Waals surface area contributed by atoms with Crippen molar-refractivity contribution in [3.63, 3.8) is 0 Å². The fourth-order valence-corrected chi connectivity index (χ4v) is 2.46. The van der Waals surface area contributed by atoms with Crippen LogP contribution in [0.5, 0.6) is 0 Å². The summed E-state index contributed by atoms with van der Waals surface area (Å²) in [7, 11) is 0. The number of aliphatic hydroxyl groups is 1. The summed E-state index contributed by atoms with van der Waals surface area (Å²) in [5, 5.41) is 13.4. The van der Waals surface area contributed by atoms with E-state index in [0.29, 0.717) is 6.04 Å². The maximum atomic E-state index is 9.31. The van der Waals surface area contributed by atoms with Crippen molar-refractivity contribution in [2.75, 3.05) is 24.6 Å². The minimum atomic E-state index is 0.138. The van der Waals surface area contributed by atoms with E-state index in [1.807, 2.05) is 18.2 Å². The van der Waals surface area contributed by atoms with E-state index in [9.17, 15) is 5.11 Å². The Morgan fingerprint density at radius 3 is 3.06 bits per heavy atom. The molecule has 0 amide bonds. The standard InChI is InChI=1S/C13H19ClN2O/c1-10-5-6-15-12(9-17)8-16(10)13-4-2-3-11(14)7-13/h2-4,7,10,12,15,17H,5-6,8-9H2,1H3. The number of nitrogens with one attached hydrogen (secondary N) is 1. The molecule has 1 aromatic carbocycles. The zero-order valence-electron chi connectivity index (χ0n) is 10.1. The summed E-state index contributed by atoms with van der Waals surface area (Å²) in [4.78, 5) is 2.31. The number of hydrogen-bond donors (Lipinski definition) is 2. The van der Waals surface area contributed by atoms with Crippen LogP contribution in [0.15, 0.2) is 24.3 Å². The number of rotatable bonds is 2. The molecule has 0 aliphatic carbocycles. The van der Waals surface area contributed by atoms with Gasteiger partial charge in [0.25, 0.3) is 0 Å². The summed E-state index contributed by atoms with van der Waals surface area (Å²) in [5.41, 5.74) is 1.13. The average Bonchev–Trinajstić information content (AvgIpc) is 2.51. The molecule has 1 fully saturated rings. The van der Waals surface area contributed by atoms with Gasteiger partial charge in [-0.2, -0.15) is 0 Å². The zero-order chi connectivity index (χ0) is 12.3. The Labute approximate surface area is 107 Å². The Bertz CT molecular complexity index is 372. The molecule has 0 aromatic heterocycles. The SMILES string of the molecule is CC1CCNC(CO)CN1c1cccc(Cl)c1. The number of aliphatic hydroxyl groups excluding tert-OH is 1. The van der Waals surface area contributed by atoms with E-state index in [-0.39, 0.29) is 12.6 Å². The molecular weight excluding hydrogens is 236 g/mol. The second kappa shape index (κ2) is 5.71. The second-order valence-corrected chi connectivity index (χ2v) is 5.04. The molecule has 2 atom stereocenters. The van der Waals surface area contributed by atoms with Crippen molar-refractivity contribution in [2.24, 2.45) is 0 Å². The quantitative estimate of drug-likeness (QED) is 0.846. The highest BCUT2D eigenvalue weighted by atomic mass is 35.5. The lowest BCUT2D eigenvalue weighted by molar-refractivity contribution is 0.248. The number of halogens is 1. The summed E-state index contributed by atoms with van der Waals surface area (Å²) in [6.07, 6.45) is 1.07. The normalized spacial score (nSPS) is 25.7. The second-order valence-electron chi connectivity index (χ2n) is 4.60. The summed E-state index contributed by atoms with van der Waals surface area (Å²) >= 11 is 6.03. The lowest BCUT2D eigenvalue weighted by Gasteiger charge is -2.31. The van der Waals surface area contributed by atoms with Gasteiger partial charge >= 0.3 is 0 Å². The minimum Gasteiger partial charge on any atom is -0.395 e. The first-order valence-electron chi connectivity index (χ1n) is 6.07. The lowest BCUT2D eigenvalue weighted by atomic mass is 10.1. The molecule has 0 spiro atoms. The van der Waals surface area contributed by atoms with E-state index in [0.717, 1.165) is 30.2 Å². The predicted octanol–water partition coefficient (Wildman–Crippen LogP) is 1.89. The molecule has 0 bridgehead atoms. The maximum absolute atomic E-state index is 9.31. The summed E-state index contributed by atoms with van der Waals surface area (Å²) in [6.45, 7) is 4.15. The Kier molecular flexibility index (Phi) is 4.26. The van der Waals surface area contributed by atoms with Crippen molar-refractivity contribution in [3.8, 4) is 0 Å². The molecule has 2 N–H and O–H groups in total. The first kappa shape index (κ1) is 12.7. The molecular formula is C13H19ClN2O. The molecule has 17 heavy (non-hydrogen) atoms. The average molecular weight is 255 g/mol. The largest absolute Gasteiger partial charge is 0.395 e.